The summed E-state index contributed by atoms with van der Waals surface area (Å²) in [5.74, 6) is 0.987. The molecule has 32 heavy (non-hydrogen) atoms. The van der Waals surface area contributed by atoms with Crippen LogP contribution in [0.3, 0.4) is 0 Å². The summed E-state index contributed by atoms with van der Waals surface area (Å²) in [7, 11) is 1.50. The number of hydrogen-bond acceptors (Lipinski definition) is 8. The number of methoxy groups -OCH3 is 1. The molecule has 1 N–H and O–H groups in total. The maximum absolute atomic E-state index is 11.2. The minimum atomic E-state index is -0.722. The normalized spacial score (nSPS) is 10.7. The third-order valence-corrected chi connectivity index (χ3v) is 4.49. The number of nitro benzene ring substituents is 2. The van der Waals surface area contributed by atoms with Crippen LogP contribution in [0.5, 0.6) is 11.5 Å². The van der Waals surface area contributed by atoms with Gasteiger partial charge in [0.15, 0.2) is 11.5 Å². The maximum atomic E-state index is 11.2. The van der Waals surface area contributed by atoms with Gasteiger partial charge in [0, 0.05) is 11.1 Å². The van der Waals surface area contributed by atoms with E-state index in [0.717, 1.165) is 17.7 Å². The molecule has 0 amide bonds. The van der Waals surface area contributed by atoms with Crippen molar-refractivity contribution in [1.29, 1.82) is 0 Å². The van der Waals surface area contributed by atoms with Crippen LogP contribution in [0.15, 0.2) is 65.8 Å². The largest absolute Gasteiger partial charge is 0.493 e. The van der Waals surface area contributed by atoms with Crippen LogP contribution in [-0.4, -0.2) is 23.2 Å². The van der Waals surface area contributed by atoms with E-state index in [1.54, 1.807) is 30.3 Å². The Morgan fingerprint density at radius 1 is 1.03 bits per heavy atom. The van der Waals surface area contributed by atoms with E-state index in [4.69, 9.17) is 21.1 Å². The molecule has 0 spiro atoms. The van der Waals surface area contributed by atoms with Crippen LogP contribution in [0, 0.1) is 20.2 Å². The van der Waals surface area contributed by atoms with Crippen LogP contribution in [0.25, 0.3) is 0 Å². The van der Waals surface area contributed by atoms with E-state index in [9.17, 15) is 20.2 Å². The molecule has 3 aromatic rings. The van der Waals surface area contributed by atoms with Gasteiger partial charge in [-0.05, 0) is 47.5 Å². The van der Waals surface area contributed by atoms with Gasteiger partial charge in [0.05, 0.1) is 29.2 Å². The van der Waals surface area contributed by atoms with E-state index in [-0.39, 0.29) is 11.4 Å². The van der Waals surface area contributed by atoms with Crippen molar-refractivity contribution >= 4 is 34.9 Å². The Morgan fingerprint density at radius 3 is 2.53 bits per heavy atom. The standard InChI is InChI=1S/C21H17ClN4O6/c1-31-21-10-14(5-8-20(21)32-13-15-3-2-4-16(22)9-15)12-23-24-18-7-6-17(25(27)28)11-19(18)26(29)30/h2-12,24H,13H2,1H3. The zero-order valence-electron chi connectivity index (χ0n) is 16.7. The second-order valence-electron chi connectivity index (χ2n) is 6.41. The lowest BCUT2D eigenvalue weighted by atomic mass is 10.2. The van der Waals surface area contributed by atoms with Gasteiger partial charge in [-0.25, -0.2) is 0 Å². The fourth-order valence-electron chi connectivity index (χ4n) is 2.73. The molecule has 0 aliphatic heterocycles. The Hall–Kier alpha value is -4.18. The van der Waals surface area contributed by atoms with Gasteiger partial charge in [-0.3, -0.25) is 25.7 Å². The summed E-state index contributed by atoms with van der Waals surface area (Å²) in [4.78, 5) is 20.6. The van der Waals surface area contributed by atoms with Crippen molar-refractivity contribution < 1.29 is 19.3 Å². The minimum Gasteiger partial charge on any atom is -0.493 e. The zero-order valence-corrected chi connectivity index (χ0v) is 17.5. The number of nitrogens with one attached hydrogen (secondary N) is 1. The van der Waals surface area contributed by atoms with Crippen molar-refractivity contribution in [3.63, 3.8) is 0 Å². The first kappa shape index (κ1) is 22.5. The maximum Gasteiger partial charge on any atom is 0.301 e. The van der Waals surface area contributed by atoms with Crippen molar-refractivity contribution in [3.05, 3.63) is 97.0 Å². The lowest BCUT2D eigenvalue weighted by Crippen LogP contribution is -2.00. The first-order valence-corrected chi connectivity index (χ1v) is 9.52. The van der Waals surface area contributed by atoms with Crippen LogP contribution in [0.1, 0.15) is 11.1 Å². The molecule has 0 heterocycles. The SMILES string of the molecule is COc1cc(C=NNc2ccc([N+](=O)[O-])cc2[N+](=O)[O-])ccc1OCc1cccc(Cl)c1. The van der Waals surface area contributed by atoms with Crippen molar-refractivity contribution in [3.8, 4) is 11.5 Å². The first-order valence-electron chi connectivity index (χ1n) is 9.14. The summed E-state index contributed by atoms with van der Waals surface area (Å²) in [6.07, 6.45) is 1.43. The Kier molecular flexibility index (Phi) is 7.19. The van der Waals surface area contributed by atoms with Crippen molar-refractivity contribution in [2.24, 2.45) is 5.10 Å². The van der Waals surface area contributed by atoms with E-state index in [1.807, 2.05) is 12.1 Å². The van der Waals surface area contributed by atoms with Gasteiger partial charge in [-0.2, -0.15) is 5.10 Å². The molecule has 164 valence electrons. The highest BCUT2D eigenvalue weighted by Crippen LogP contribution is 2.30. The van der Waals surface area contributed by atoms with E-state index in [2.05, 4.69) is 10.5 Å². The average molecular weight is 457 g/mol. The monoisotopic (exact) mass is 456 g/mol. The Morgan fingerprint density at radius 2 is 1.84 bits per heavy atom. The number of ether oxygens (including phenoxy) is 2. The molecule has 0 radical (unpaired) electrons. The lowest BCUT2D eigenvalue weighted by Gasteiger charge is -2.11. The summed E-state index contributed by atoms with van der Waals surface area (Å²) < 4.78 is 11.2. The number of nitro groups is 2. The minimum absolute atomic E-state index is 0.0188. The third-order valence-electron chi connectivity index (χ3n) is 4.26. The average Bonchev–Trinajstić information content (AvgIpc) is 2.78. The van der Waals surface area contributed by atoms with E-state index in [0.29, 0.717) is 28.7 Å². The molecule has 0 bridgehead atoms. The zero-order chi connectivity index (χ0) is 23.1. The molecule has 0 saturated carbocycles. The number of benzene rings is 3. The van der Waals surface area contributed by atoms with Gasteiger partial charge in [-0.15, -0.1) is 0 Å². The summed E-state index contributed by atoms with van der Waals surface area (Å²) >= 11 is 5.98. The topological polar surface area (TPSA) is 129 Å². The molecule has 10 nitrogen and oxygen atoms in total. The second kappa shape index (κ2) is 10.2. The summed E-state index contributed by atoms with van der Waals surface area (Å²) in [5, 5.41) is 26.6. The molecule has 0 aliphatic carbocycles. The number of nitrogens with zero attached hydrogens (tertiary/aromatic N) is 3. The second-order valence-corrected chi connectivity index (χ2v) is 6.85. The fourth-order valence-corrected chi connectivity index (χ4v) is 2.94. The molecule has 0 saturated heterocycles. The first-order chi connectivity index (χ1) is 15.4. The van der Waals surface area contributed by atoms with Crippen LogP contribution in [-0.2, 0) is 6.61 Å². The summed E-state index contributed by atoms with van der Waals surface area (Å²) in [6, 6.07) is 15.7. The number of non-ortho nitro benzene ring substituents is 1. The fraction of sp³-hybridized carbons (Fsp3) is 0.0952. The van der Waals surface area contributed by atoms with Crippen molar-refractivity contribution in [2.45, 2.75) is 6.61 Å². The molecule has 0 aliphatic rings. The van der Waals surface area contributed by atoms with Gasteiger partial charge < -0.3 is 9.47 Å². The third kappa shape index (κ3) is 5.70. The van der Waals surface area contributed by atoms with Crippen molar-refractivity contribution in [1.82, 2.24) is 0 Å². The van der Waals surface area contributed by atoms with Gasteiger partial charge in [0.1, 0.15) is 12.3 Å². The lowest BCUT2D eigenvalue weighted by molar-refractivity contribution is -0.393. The predicted molar refractivity (Wildman–Crippen MR) is 120 cm³/mol. The molecule has 11 heteroatoms. The smallest absolute Gasteiger partial charge is 0.301 e. The quantitative estimate of drug-likeness (QED) is 0.266. The summed E-state index contributed by atoms with van der Waals surface area (Å²) in [6.45, 7) is 0.301. The van der Waals surface area contributed by atoms with Crippen LogP contribution >= 0.6 is 11.6 Å². The van der Waals surface area contributed by atoms with E-state index in [1.165, 1.54) is 19.4 Å². The summed E-state index contributed by atoms with van der Waals surface area (Å²) in [5.41, 5.74) is 3.24. The molecule has 3 rings (SSSR count). The number of rotatable bonds is 9. The molecule has 3 aromatic carbocycles. The molecule has 0 atom stereocenters. The Labute approximate surface area is 187 Å². The number of anilines is 1. The highest BCUT2D eigenvalue weighted by Gasteiger charge is 2.19. The molecule has 0 unspecified atom stereocenters. The van der Waals surface area contributed by atoms with Gasteiger partial charge in [0.25, 0.3) is 5.69 Å². The van der Waals surface area contributed by atoms with Gasteiger partial charge in [-0.1, -0.05) is 23.7 Å². The Bertz CT molecular complexity index is 1180. The van der Waals surface area contributed by atoms with Crippen LogP contribution < -0.4 is 14.9 Å². The van der Waals surface area contributed by atoms with Crippen LogP contribution in [0.4, 0.5) is 17.1 Å². The molecule has 0 fully saturated rings. The van der Waals surface area contributed by atoms with E-state index >= 15 is 0 Å². The number of hydrogen-bond donors (Lipinski definition) is 1. The predicted octanol–water partition coefficient (Wildman–Crippen LogP) is 5.19. The number of hydrazone groups is 1. The molecule has 0 aromatic heterocycles. The van der Waals surface area contributed by atoms with E-state index < -0.39 is 15.5 Å². The molecular formula is C21H17ClN4O6. The Balaban J connectivity index is 1.71. The van der Waals surface area contributed by atoms with Crippen LogP contribution in [0.2, 0.25) is 5.02 Å². The van der Waals surface area contributed by atoms with Gasteiger partial charge in [0.2, 0.25) is 0 Å². The molecular weight excluding hydrogens is 440 g/mol. The van der Waals surface area contributed by atoms with Gasteiger partial charge >= 0.3 is 5.69 Å². The highest BCUT2D eigenvalue weighted by molar-refractivity contribution is 6.30. The number of halogens is 1. The van der Waals surface area contributed by atoms with Crippen molar-refractivity contribution in [2.75, 3.05) is 12.5 Å². The highest BCUT2D eigenvalue weighted by atomic mass is 35.5.